The van der Waals surface area contributed by atoms with E-state index in [1.165, 1.54) is 11.1 Å². The summed E-state index contributed by atoms with van der Waals surface area (Å²) in [6.07, 6.45) is 5.05. The molecule has 0 spiro atoms. The summed E-state index contributed by atoms with van der Waals surface area (Å²) >= 11 is 0. The van der Waals surface area contributed by atoms with Crippen molar-refractivity contribution in [3.05, 3.63) is 59.9 Å². The molecule has 2 aliphatic rings. The van der Waals surface area contributed by atoms with Crippen molar-refractivity contribution in [1.82, 2.24) is 9.88 Å². The quantitative estimate of drug-likeness (QED) is 0.670. The maximum atomic E-state index is 6.09. The third-order valence-corrected chi connectivity index (χ3v) is 5.75. The minimum absolute atomic E-state index is 0.366. The Hall–Kier alpha value is -1.95. The van der Waals surface area contributed by atoms with Gasteiger partial charge in [0, 0.05) is 50.1 Å². The molecule has 3 atom stereocenters. The molecular formula is C22H28N2O3. The molecule has 2 fully saturated rings. The monoisotopic (exact) mass is 368 g/mol. The first-order chi connectivity index (χ1) is 13.3. The lowest BCUT2D eigenvalue weighted by Gasteiger charge is -2.20. The minimum atomic E-state index is 0.366. The molecule has 0 bridgehead atoms. The third kappa shape index (κ3) is 4.49. The summed E-state index contributed by atoms with van der Waals surface area (Å²) in [6.45, 7) is 5.34. The van der Waals surface area contributed by atoms with Crippen molar-refractivity contribution >= 4 is 0 Å². The number of likely N-dealkylation sites (tertiary alicyclic amines) is 1. The van der Waals surface area contributed by atoms with Gasteiger partial charge in [-0.1, -0.05) is 18.2 Å². The third-order valence-electron chi connectivity index (χ3n) is 5.75. The summed E-state index contributed by atoms with van der Waals surface area (Å²) in [6, 6.07) is 12.3. The van der Waals surface area contributed by atoms with E-state index in [2.05, 4.69) is 22.0 Å². The molecule has 5 heteroatoms. The Morgan fingerprint density at radius 1 is 1.15 bits per heavy atom. The van der Waals surface area contributed by atoms with Crippen molar-refractivity contribution in [3.63, 3.8) is 0 Å². The average Bonchev–Trinajstić information content (AvgIpc) is 3.27. The second-order valence-electron chi connectivity index (χ2n) is 7.50. The van der Waals surface area contributed by atoms with Gasteiger partial charge in [0.25, 0.3) is 0 Å². The number of ether oxygens (including phenoxy) is 3. The lowest BCUT2D eigenvalue weighted by atomic mass is 9.91. The second-order valence-corrected chi connectivity index (χ2v) is 7.50. The van der Waals surface area contributed by atoms with Gasteiger partial charge in [-0.25, -0.2) is 0 Å². The number of para-hydroxylation sites is 1. The van der Waals surface area contributed by atoms with Crippen LogP contribution in [0.2, 0.25) is 0 Å². The topological polar surface area (TPSA) is 43.8 Å². The molecule has 4 rings (SSSR count). The summed E-state index contributed by atoms with van der Waals surface area (Å²) < 4.78 is 17.5. The maximum Gasteiger partial charge on any atom is 0.123 e. The van der Waals surface area contributed by atoms with E-state index in [0.29, 0.717) is 24.5 Å². The van der Waals surface area contributed by atoms with Gasteiger partial charge in [0.15, 0.2) is 0 Å². The molecule has 0 aliphatic carbocycles. The molecule has 2 aliphatic heterocycles. The van der Waals surface area contributed by atoms with Crippen LogP contribution in [0.1, 0.15) is 17.5 Å². The second kappa shape index (κ2) is 8.83. The summed E-state index contributed by atoms with van der Waals surface area (Å²) in [7, 11) is 1.74. The lowest BCUT2D eigenvalue weighted by molar-refractivity contribution is 0.0817. The van der Waals surface area contributed by atoms with Gasteiger partial charge in [0.1, 0.15) is 5.75 Å². The molecule has 0 N–H and O–H groups in total. The Kier molecular flexibility index (Phi) is 6.02. The molecule has 2 saturated heterocycles. The smallest absolute Gasteiger partial charge is 0.123 e. The molecule has 1 aromatic heterocycles. The number of benzene rings is 1. The van der Waals surface area contributed by atoms with E-state index in [4.69, 9.17) is 14.2 Å². The van der Waals surface area contributed by atoms with Gasteiger partial charge in [-0.15, -0.1) is 0 Å². The van der Waals surface area contributed by atoms with E-state index < -0.39 is 0 Å². The fraction of sp³-hybridized carbons (Fsp3) is 0.500. The number of nitrogens with zero attached hydrogens (tertiary/aromatic N) is 2. The van der Waals surface area contributed by atoms with Crippen LogP contribution in [0.15, 0.2) is 48.8 Å². The van der Waals surface area contributed by atoms with Crippen LogP contribution in [0.25, 0.3) is 0 Å². The van der Waals surface area contributed by atoms with E-state index in [9.17, 15) is 0 Å². The first kappa shape index (κ1) is 18.4. The van der Waals surface area contributed by atoms with Crippen molar-refractivity contribution in [1.29, 1.82) is 0 Å². The summed E-state index contributed by atoms with van der Waals surface area (Å²) in [4.78, 5) is 6.53. The first-order valence-corrected chi connectivity index (χ1v) is 9.76. The van der Waals surface area contributed by atoms with Crippen LogP contribution in [-0.4, -0.2) is 49.4 Å². The molecule has 0 amide bonds. The van der Waals surface area contributed by atoms with Crippen LogP contribution in [0.5, 0.6) is 5.75 Å². The minimum Gasteiger partial charge on any atom is -0.496 e. The first-order valence-electron chi connectivity index (χ1n) is 9.76. The van der Waals surface area contributed by atoms with Gasteiger partial charge in [-0.05, 0) is 36.1 Å². The number of hydrogen-bond donors (Lipinski definition) is 0. The molecule has 0 unspecified atom stereocenters. The highest BCUT2D eigenvalue weighted by atomic mass is 16.5. The van der Waals surface area contributed by atoms with Gasteiger partial charge in [0.05, 0.1) is 26.4 Å². The Bertz CT molecular complexity index is 725. The fourth-order valence-electron chi connectivity index (χ4n) is 4.28. The van der Waals surface area contributed by atoms with E-state index in [0.717, 1.165) is 45.0 Å². The molecule has 2 aromatic rings. The van der Waals surface area contributed by atoms with Crippen LogP contribution in [0.3, 0.4) is 0 Å². The number of rotatable bonds is 8. The predicted octanol–water partition coefficient (Wildman–Crippen LogP) is 3.14. The zero-order chi connectivity index (χ0) is 18.5. The van der Waals surface area contributed by atoms with Crippen molar-refractivity contribution in [2.24, 2.45) is 11.8 Å². The van der Waals surface area contributed by atoms with Gasteiger partial charge in [-0.2, -0.15) is 0 Å². The number of methoxy groups -OCH3 is 1. The van der Waals surface area contributed by atoms with Gasteiger partial charge < -0.3 is 14.2 Å². The summed E-state index contributed by atoms with van der Waals surface area (Å²) in [5, 5.41) is 0. The van der Waals surface area contributed by atoms with Gasteiger partial charge in [0.2, 0.25) is 0 Å². The summed E-state index contributed by atoms with van der Waals surface area (Å²) in [5.41, 5.74) is 2.42. The Morgan fingerprint density at radius 2 is 2.00 bits per heavy atom. The highest BCUT2D eigenvalue weighted by Gasteiger charge is 2.43. The van der Waals surface area contributed by atoms with Gasteiger partial charge in [-0.3, -0.25) is 9.88 Å². The van der Waals surface area contributed by atoms with E-state index in [1.807, 2.05) is 36.7 Å². The molecule has 0 saturated carbocycles. The SMILES string of the molecule is COc1ccccc1CN1C[C@H]2[C@@H](CCOCc3ccncc3)CO[C@H]2C1. The maximum absolute atomic E-state index is 6.09. The van der Waals surface area contributed by atoms with Crippen molar-refractivity contribution in [2.45, 2.75) is 25.7 Å². The van der Waals surface area contributed by atoms with Crippen LogP contribution in [0.4, 0.5) is 0 Å². The average molecular weight is 368 g/mol. The largest absolute Gasteiger partial charge is 0.496 e. The van der Waals surface area contributed by atoms with Crippen LogP contribution < -0.4 is 4.74 Å². The zero-order valence-corrected chi connectivity index (χ0v) is 15.9. The molecular weight excluding hydrogens is 340 g/mol. The molecule has 27 heavy (non-hydrogen) atoms. The van der Waals surface area contributed by atoms with Gasteiger partial charge >= 0.3 is 0 Å². The number of hydrogen-bond acceptors (Lipinski definition) is 5. The van der Waals surface area contributed by atoms with E-state index >= 15 is 0 Å². The Balaban J connectivity index is 1.25. The zero-order valence-electron chi connectivity index (χ0n) is 15.9. The Morgan fingerprint density at radius 3 is 2.85 bits per heavy atom. The Labute approximate surface area is 161 Å². The van der Waals surface area contributed by atoms with Crippen molar-refractivity contribution < 1.29 is 14.2 Å². The highest BCUT2D eigenvalue weighted by Crippen LogP contribution is 2.36. The molecule has 144 valence electrons. The van der Waals surface area contributed by atoms with Crippen molar-refractivity contribution in [2.75, 3.05) is 33.4 Å². The van der Waals surface area contributed by atoms with Crippen LogP contribution in [-0.2, 0) is 22.6 Å². The highest BCUT2D eigenvalue weighted by molar-refractivity contribution is 5.33. The van der Waals surface area contributed by atoms with E-state index in [1.54, 1.807) is 7.11 Å². The van der Waals surface area contributed by atoms with Crippen molar-refractivity contribution in [3.8, 4) is 5.75 Å². The molecule has 3 heterocycles. The summed E-state index contributed by atoms with van der Waals surface area (Å²) in [5.74, 6) is 2.18. The predicted molar refractivity (Wildman–Crippen MR) is 104 cm³/mol. The standard InChI is InChI=1S/C22H28N2O3/c1-25-21-5-3-2-4-18(21)12-24-13-20-19(16-27-22(20)14-24)8-11-26-15-17-6-9-23-10-7-17/h2-7,9-10,19-20,22H,8,11-16H2,1H3/t19-,20-,22-/m0/s1. The molecule has 5 nitrogen and oxygen atoms in total. The number of aromatic nitrogens is 1. The van der Waals surface area contributed by atoms with E-state index in [-0.39, 0.29) is 0 Å². The lowest BCUT2D eigenvalue weighted by Crippen LogP contribution is -2.24. The molecule has 1 aromatic carbocycles. The molecule has 0 radical (unpaired) electrons. The van der Waals surface area contributed by atoms with Crippen LogP contribution in [0, 0.1) is 11.8 Å². The normalized spacial score (nSPS) is 24.9. The number of fused-ring (bicyclic) bond motifs is 1. The fourth-order valence-corrected chi connectivity index (χ4v) is 4.28. The number of pyridine rings is 1. The van der Waals surface area contributed by atoms with Crippen LogP contribution >= 0.6 is 0 Å².